The summed E-state index contributed by atoms with van der Waals surface area (Å²) in [5.41, 5.74) is 1.99. The monoisotopic (exact) mass is 325 g/mol. The molecule has 0 radical (unpaired) electrons. The topological polar surface area (TPSA) is 53.9 Å². The second-order valence-corrected chi connectivity index (χ2v) is 5.39. The van der Waals surface area contributed by atoms with Gasteiger partial charge in [-0.15, -0.1) is 5.10 Å². The van der Waals surface area contributed by atoms with Gasteiger partial charge < -0.3 is 10.2 Å². The number of hydrogen-bond acceptors (Lipinski definition) is 5. The molecule has 1 aliphatic rings. The van der Waals surface area contributed by atoms with Crippen molar-refractivity contribution in [2.75, 3.05) is 16.8 Å². The Kier molecular flexibility index (Phi) is 3.53. The average Bonchev–Trinajstić information content (AvgIpc) is 3.03. The molecule has 120 valence electrons. The Balaban J connectivity index is 1.66. The third-order valence-electron chi connectivity index (χ3n) is 3.91. The van der Waals surface area contributed by atoms with Crippen LogP contribution in [0.5, 0.6) is 0 Å². The van der Waals surface area contributed by atoms with Crippen molar-refractivity contribution in [2.45, 2.75) is 6.42 Å². The molecule has 0 fully saturated rings. The van der Waals surface area contributed by atoms with Crippen LogP contribution in [0.4, 0.5) is 31.9 Å². The van der Waals surface area contributed by atoms with Crippen molar-refractivity contribution in [3.8, 4) is 0 Å². The van der Waals surface area contributed by atoms with E-state index in [0.29, 0.717) is 5.82 Å². The average molecular weight is 325 g/mol. The summed E-state index contributed by atoms with van der Waals surface area (Å²) in [7, 11) is 0. The molecule has 1 aromatic heterocycles. The first-order chi connectivity index (χ1) is 11.7. The van der Waals surface area contributed by atoms with Crippen molar-refractivity contribution in [1.82, 2.24) is 15.2 Å². The van der Waals surface area contributed by atoms with Gasteiger partial charge in [0.2, 0.25) is 5.95 Å². The second-order valence-electron chi connectivity index (χ2n) is 5.39. The SMILES string of the molecule is Fc1cccc(F)c1Nc1nncc(N2CCc3ccccc32)n1. The predicted molar refractivity (Wildman–Crippen MR) is 86.6 cm³/mol. The zero-order valence-electron chi connectivity index (χ0n) is 12.6. The van der Waals surface area contributed by atoms with E-state index in [1.54, 1.807) is 0 Å². The molecule has 7 heteroatoms. The van der Waals surface area contributed by atoms with Crippen LogP contribution in [0.1, 0.15) is 5.56 Å². The van der Waals surface area contributed by atoms with Gasteiger partial charge in [0, 0.05) is 12.2 Å². The molecule has 5 nitrogen and oxygen atoms in total. The summed E-state index contributed by atoms with van der Waals surface area (Å²) < 4.78 is 27.5. The van der Waals surface area contributed by atoms with E-state index in [1.165, 1.54) is 30.0 Å². The number of nitrogens with one attached hydrogen (secondary N) is 1. The number of halogens is 2. The highest BCUT2D eigenvalue weighted by atomic mass is 19.1. The second kappa shape index (κ2) is 5.84. The minimum Gasteiger partial charge on any atom is -0.324 e. The van der Waals surface area contributed by atoms with Gasteiger partial charge in [-0.2, -0.15) is 10.1 Å². The first-order valence-corrected chi connectivity index (χ1v) is 7.48. The maximum atomic E-state index is 13.7. The Morgan fingerprint density at radius 3 is 2.62 bits per heavy atom. The van der Waals surface area contributed by atoms with Gasteiger partial charge in [-0.25, -0.2) is 8.78 Å². The molecule has 0 amide bonds. The van der Waals surface area contributed by atoms with Gasteiger partial charge in [0.25, 0.3) is 0 Å². The maximum Gasteiger partial charge on any atom is 0.249 e. The normalized spacial score (nSPS) is 13.0. The highest BCUT2D eigenvalue weighted by molar-refractivity contribution is 5.68. The smallest absolute Gasteiger partial charge is 0.249 e. The number of benzene rings is 2. The number of fused-ring (bicyclic) bond motifs is 1. The van der Waals surface area contributed by atoms with Crippen LogP contribution in [0.3, 0.4) is 0 Å². The summed E-state index contributed by atoms with van der Waals surface area (Å²) in [6, 6.07) is 11.7. The zero-order valence-corrected chi connectivity index (χ0v) is 12.6. The van der Waals surface area contributed by atoms with Gasteiger partial charge in [-0.3, -0.25) is 0 Å². The number of hydrogen-bond donors (Lipinski definition) is 1. The molecule has 2 heterocycles. The van der Waals surface area contributed by atoms with Crippen molar-refractivity contribution in [3.05, 3.63) is 65.9 Å². The van der Waals surface area contributed by atoms with Gasteiger partial charge in [0.05, 0.1) is 6.20 Å². The minimum absolute atomic E-state index is 0.0425. The quantitative estimate of drug-likeness (QED) is 0.797. The Labute approximate surface area is 137 Å². The van der Waals surface area contributed by atoms with Gasteiger partial charge in [-0.05, 0) is 30.2 Å². The third-order valence-corrected chi connectivity index (χ3v) is 3.91. The third kappa shape index (κ3) is 2.54. The highest BCUT2D eigenvalue weighted by Gasteiger charge is 2.21. The van der Waals surface area contributed by atoms with Crippen molar-refractivity contribution >= 4 is 23.1 Å². The lowest BCUT2D eigenvalue weighted by atomic mass is 10.2. The van der Waals surface area contributed by atoms with Crippen molar-refractivity contribution in [3.63, 3.8) is 0 Å². The van der Waals surface area contributed by atoms with Crippen LogP contribution in [0, 0.1) is 11.6 Å². The van der Waals surface area contributed by atoms with Crippen molar-refractivity contribution in [1.29, 1.82) is 0 Å². The van der Waals surface area contributed by atoms with E-state index in [2.05, 4.69) is 26.6 Å². The van der Waals surface area contributed by atoms with Crippen LogP contribution in [0.25, 0.3) is 0 Å². The van der Waals surface area contributed by atoms with Crippen LogP contribution in [0.2, 0.25) is 0 Å². The summed E-state index contributed by atoms with van der Waals surface area (Å²) in [6.07, 6.45) is 2.44. The van der Waals surface area contributed by atoms with Gasteiger partial charge >= 0.3 is 0 Å². The summed E-state index contributed by atoms with van der Waals surface area (Å²) in [6.45, 7) is 0.769. The van der Waals surface area contributed by atoms with Crippen LogP contribution in [0.15, 0.2) is 48.7 Å². The van der Waals surface area contributed by atoms with Crippen LogP contribution < -0.4 is 10.2 Å². The van der Waals surface area contributed by atoms with E-state index in [0.717, 1.165) is 18.7 Å². The van der Waals surface area contributed by atoms with E-state index in [4.69, 9.17) is 0 Å². The van der Waals surface area contributed by atoms with E-state index in [9.17, 15) is 8.78 Å². The standard InChI is InChI=1S/C17H13F2N5/c18-12-5-3-6-13(19)16(12)22-17-21-15(10-20-23-17)24-9-8-11-4-1-2-7-14(11)24/h1-7,10H,8-9H2,(H,21,22,23). The molecule has 0 saturated heterocycles. The number of aromatic nitrogens is 3. The number of anilines is 4. The largest absolute Gasteiger partial charge is 0.324 e. The summed E-state index contributed by atoms with van der Waals surface area (Å²) in [5, 5.41) is 10.3. The molecule has 3 aromatic rings. The highest BCUT2D eigenvalue weighted by Crippen LogP contribution is 2.33. The molecule has 0 bridgehead atoms. The van der Waals surface area contributed by atoms with Crippen molar-refractivity contribution in [2.24, 2.45) is 0 Å². The fraction of sp³-hybridized carbons (Fsp3) is 0.118. The molecule has 2 aromatic carbocycles. The molecule has 4 rings (SSSR count). The molecule has 24 heavy (non-hydrogen) atoms. The molecule has 0 saturated carbocycles. The fourth-order valence-corrected chi connectivity index (χ4v) is 2.78. The van der Waals surface area contributed by atoms with Gasteiger partial charge in [0.15, 0.2) is 5.82 Å². The molecular weight excluding hydrogens is 312 g/mol. The molecular formula is C17H13F2N5. The van der Waals surface area contributed by atoms with Crippen LogP contribution in [-0.4, -0.2) is 21.7 Å². The van der Waals surface area contributed by atoms with Crippen molar-refractivity contribution < 1.29 is 8.78 Å². The first kappa shape index (κ1) is 14.5. The number of rotatable bonds is 3. The maximum absolute atomic E-state index is 13.7. The molecule has 1 aliphatic heterocycles. The lowest BCUT2D eigenvalue weighted by Crippen LogP contribution is -2.16. The van der Waals surface area contributed by atoms with E-state index in [-0.39, 0.29) is 11.6 Å². The molecule has 0 unspecified atom stereocenters. The lowest BCUT2D eigenvalue weighted by molar-refractivity contribution is 0.590. The Hall–Kier alpha value is -3.09. The molecule has 0 atom stereocenters. The van der Waals surface area contributed by atoms with Crippen LogP contribution in [-0.2, 0) is 6.42 Å². The Morgan fingerprint density at radius 2 is 1.79 bits per heavy atom. The first-order valence-electron chi connectivity index (χ1n) is 7.48. The lowest BCUT2D eigenvalue weighted by Gasteiger charge is -2.18. The molecule has 0 aliphatic carbocycles. The van der Waals surface area contributed by atoms with E-state index >= 15 is 0 Å². The molecule has 1 N–H and O–H groups in total. The van der Waals surface area contributed by atoms with E-state index in [1.807, 2.05) is 23.1 Å². The zero-order chi connectivity index (χ0) is 16.5. The number of para-hydroxylation sites is 2. The predicted octanol–water partition coefficient (Wildman–Crippen LogP) is 3.59. The summed E-state index contributed by atoms with van der Waals surface area (Å²) in [4.78, 5) is 6.35. The Morgan fingerprint density at radius 1 is 1.00 bits per heavy atom. The van der Waals surface area contributed by atoms with Gasteiger partial charge in [0.1, 0.15) is 17.3 Å². The summed E-state index contributed by atoms with van der Waals surface area (Å²) >= 11 is 0. The summed E-state index contributed by atoms with van der Waals surface area (Å²) in [5.74, 6) is -0.805. The van der Waals surface area contributed by atoms with E-state index < -0.39 is 11.6 Å². The fourth-order valence-electron chi connectivity index (χ4n) is 2.78. The number of nitrogens with zero attached hydrogens (tertiary/aromatic N) is 4. The Bertz CT molecular complexity index is 879. The minimum atomic E-state index is -0.712. The van der Waals surface area contributed by atoms with Crippen LogP contribution >= 0.6 is 0 Å². The van der Waals surface area contributed by atoms with Gasteiger partial charge in [-0.1, -0.05) is 24.3 Å². The molecule has 0 spiro atoms.